The van der Waals surface area contributed by atoms with Crippen molar-refractivity contribution >= 4 is 11.9 Å². The lowest BCUT2D eigenvalue weighted by Gasteiger charge is -2.18. The minimum absolute atomic E-state index is 0.00486. The number of likely N-dealkylation sites (tertiary alicyclic amines) is 1. The monoisotopic (exact) mass is 634 g/mol. The van der Waals surface area contributed by atoms with Crippen molar-refractivity contribution in [2.75, 3.05) is 33.4 Å². The summed E-state index contributed by atoms with van der Waals surface area (Å²) in [6, 6.07) is 0. The minimum atomic E-state index is 0.00486. The van der Waals surface area contributed by atoms with E-state index in [0.717, 1.165) is 25.9 Å². The number of ether oxygens (including phenoxy) is 2. The Morgan fingerprint density at radius 2 is 0.956 bits per heavy atom. The summed E-state index contributed by atoms with van der Waals surface area (Å²) in [4.78, 5) is 27.5. The second-order valence-electron chi connectivity index (χ2n) is 15.0. The lowest BCUT2D eigenvalue weighted by atomic mass is 9.94. The minimum Gasteiger partial charge on any atom is -0.465 e. The van der Waals surface area contributed by atoms with Crippen LogP contribution in [0.25, 0.3) is 0 Å². The van der Waals surface area contributed by atoms with Crippen molar-refractivity contribution in [3.63, 3.8) is 0 Å². The highest BCUT2D eigenvalue weighted by Gasteiger charge is 2.59. The average molecular weight is 634 g/mol. The Kier molecular flexibility index (Phi) is 23.1. The third-order valence-electron chi connectivity index (χ3n) is 10.7. The summed E-state index contributed by atoms with van der Waals surface area (Å²) in [5, 5.41) is 0. The van der Waals surface area contributed by atoms with E-state index < -0.39 is 0 Å². The lowest BCUT2D eigenvalue weighted by Crippen LogP contribution is -2.24. The van der Waals surface area contributed by atoms with Crippen molar-refractivity contribution in [1.29, 1.82) is 0 Å². The van der Waals surface area contributed by atoms with Gasteiger partial charge in [-0.3, -0.25) is 9.59 Å². The molecule has 0 N–H and O–H groups in total. The maximum Gasteiger partial charge on any atom is 0.309 e. The highest BCUT2D eigenvalue weighted by molar-refractivity contribution is 5.77. The van der Waals surface area contributed by atoms with Gasteiger partial charge in [-0.15, -0.1) is 0 Å². The zero-order valence-electron chi connectivity index (χ0n) is 30.5. The van der Waals surface area contributed by atoms with Gasteiger partial charge in [0, 0.05) is 19.5 Å². The van der Waals surface area contributed by atoms with Gasteiger partial charge in [-0.1, -0.05) is 143 Å². The van der Waals surface area contributed by atoms with Gasteiger partial charge in [0.2, 0.25) is 0 Å². The van der Waals surface area contributed by atoms with Crippen LogP contribution in [0, 0.1) is 29.6 Å². The maximum atomic E-state index is 12.8. The standard InChI is InChI=1S/C40H75NO4/c1-5-8-11-13-14-15-18-22-27-35(33-45-40(43)39-36-30-41(4)31-37(36)39)28-23-19-16-17-20-24-29-38(42)44-32-34(25-10-7-3)26-21-12-9-6-2/h34-37,39H,5-33H2,1-4H3/t34?,35?,36-,37?,39?/m1/s1. The Labute approximate surface area is 279 Å². The first-order valence-electron chi connectivity index (χ1n) is 20.0. The topological polar surface area (TPSA) is 55.8 Å². The van der Waals surface area contributed by atoms with Gasteiger partial charge < -0.3 is 14.4 Å². The summed E-state index contributed by atoms with van der Waals surface area (Å²) in [6.07, 6.45) is 30.7. The third kappa shape index (κ3) is 18.7. The second kappa shape index (κ2) is 25.9. The molecule has 0 spiro atoms. The fourth-order valence-electron chi connectivity index (χ4n) is 7.62. The molecule has 2 fully saturated rings. The first-order chi connectivity index (χ1) is 22.0. The average Bonchev–Trinajstić information content (AvgIpc) is 3.56. The van der Waals surface area contributed by atoms with Crippen molar-refractivity contribution in [2.45, 2.75) is 181 Å². The number of esters is 2. The molecule has 1 aliphatic heterocycles. The molecule has 2 rings (SSSR count). The van der Waals surface area contributed by atoms with Crippen molar-refractivity contribution in [1.82, 2.24) is 4.90 Å². The van der Waals surface area contributed by atoms with Gasteiger partial charge in [-0.25, -0.2) is 0 Å². The molecule has 0 amide bonds. The van der Waals surface area contributed by atoms with Crippen molar-refractivity contribution < 1.29 is 19.1 Å². The number of hydrogen-bond acceptors (Lipinski definition) is 5. The van der Waals surface area contributed by atoms with Gasteiger partial charge in [-0.2, -0.15) is 0 Å². The van der Waals surface area contributed by atoms with Crippen LogP contribution in [0.15, 0.2) is 0 Å². The normalized spacial score (nSPS) is 20.6. The first-order valence-corrected chi connectivity index (χ1v) is 20.0. The van der Waals surface area contributed by atoms with E-state index in [2.05, 4.69) is 32.7 Å². The van der Waals surface area contributed by atoms with Crippen LogP contribution in [0.1, 0.15) is 181 Å². The zero-order chi connectivity index (χ0) is 32.5. The molecule has 5 heteroatoms. The largest absolute Gasteiger partial charge is 0.465 e. The summed E-state index contributed by atoms with van der Waals surface area (Å²) in [6.45, 7) is 10.1. The van der Waals surface area contributed by atoms with Crippen LogP contribution >= 0.6 is 0 Å². The molecule has 0 aromatic heterocycles. The number of fused-ring (bicyclic) bond motifs is 1. The smallest absolute Gasteiger partial charge is 0.309 e. The molecule has 5 nitrogen and oxygen atoms in total. The quantitative estimate of drug-likeness (QED) is 0.0561. The van der Waals surface area contributed by atoms with E-state index in [-0.39, 0.29) is 17.9 Å². The predicted molar refractivity (Wildman–Crippen MR) is 189 cm³/mol. The summed E-state index contributed by atoms with van der Waals surface area (Å²) in [7, 11) is 2.16. The molecule has 1 aliphatic carbocycles. The van der Waals surface area contributed by atoms with E-state index in [1.165, 1.54) is 141 Å². The van der Waals surface area contributed by atoms with Gasteiger partial charge in [0.15, 0.2) is 0 Å². The number of nitrogens with zero attached hydrogens (tertiary/aromatic N) is 1. The summed E-state index contributed by atoms with van der Waals surface area (Å²) >= 11 is 0. The number of hydrogen-bond donors (Lipinski definition) is 0. The predicted octanol–water partition coefficient (Wildman–Crippen LogP) is 10.9. The van der Waals surface area contributed by atoms with Gasteiger partial charge in [0.1, 0.15) is 0 Å². The molecule has 0 bridgehead atoms. The summed E-state index contributed by atoms with van der Waals surface area (Å²) in [5.74, 6) is 2.44. The molecular weight excluding hydrogens is 558 g/mol. The fraction of sp³-hybridized carbons (Fsp3) is 0.950. The van der Waals surface area contributed by atoms with E-state index in [0.29, 0.717) is 43.3 Å². The lowest BCUT2D eigenvalue weighted by molar-refractivity contribution is -0.148. The molecule has 0 aromatic rings. The van der Waals surface area contributed by atoms with Crippen LogP contribution in [0.5, 0.6) is 0 Å². The number of piperidine rings is 1. The SMILES string of the molecule is CCCCCCCCCCC(CCCCCCCCC(=O)OCC(CCCC)CCCCCC)COC(=O)C1C2CN(C)C[C@H]21. The zero-order valence-corrected chi connectivity index (χ0v) is 30.5. The van der Waals surface area contributed by atoms with E-state index in [9.17, 15) is 9.59 Å². The Morgan fingerprint density at radius 1 is 0.556 bits per heavy atom. The number of rotatable bonds is 31. The van der Waals surface area contributed by atoms with Crippen LogP contribution < -0.4 is 0 Å². The van der Waals surface area contributed by atoms with Gasteiger partial charge >= 0.3 is 11.9 Å². The Bertz CT molecular complexity index is 730. The highest BCUT2D eigenvalue weighted by atomic mass is 16.5. The number of unbranched alkanes of at least 4 members (excludes halogenated alkanes) is 16. The van der Waals surface area contributed by atoms with E-state index >= 15 is 0 Å². The Morgan fingerprint density at radius 3 is 1.47 bits per heavy atom. The summed E-state index contributed by atoms with van der Waals surface area (Å²) < 4.78 is 11.6. The number of carbonyl (C=O) groups is 2. The van der Waals surface area contributed by atoms with Crippen molar-refractivity contribution in [3.8, 4) is 0 Å². The highest BCUT2D eigenvalue weighted by Crippen LogP contribution is 2.51. The van der Waals surface area contributed by atoms with E-state index in [4.69, 9.17) is 9.47 Å². The molecule has 1 heterocycles. The van der Waals surface area contributed by atoms with Crippen molar-refractivity contribution in [2.24, 2.45) is 29.6 Å². The van der Waals surface area contributed by atoms with Crippen LogP contribution in [0.2, 0.25) is 0 Å². The van der Waals surface area contributed by atoms with Crippen LogP contribution in [-0.4, -0.2) is 50.2 Å². The van der Waals surface area contributed by atoms with Crippen LogP contribution in [0.4, 0.5) is 0 Å². The third-order valence-corrected chi connectivity index (χ3v) is 10.7. The van der Waals surface area contributed by atoms with Gasteiger partial charge in [-0.05, 0) is 62.8 Å². The molecule has 4 unspecified atom stereocenters. The van der Waals surface area contributed by atoms with Gasteiger partial charge in [0.05, 0.1) is 19.1 Å². The fourth-order valence-corrected chi connectivity index (χ4v) is 7.62. The molecular formula is C40H75NO4. The number of carbonyl (C=O) groups excluding carboxylic acids is 2. The molecule has 1 saturated heterocycles. The maximum absolute atomic E-state index is 12.8. The van der Waals surface area contributed by atoms with E-state index in [1.54, 1.807) is 0 Å². The molecule has 5 atom stereocenters. The molecule has 0 aromatic carbocycles. The molecule has 1 saturated carbocycles. The molecule has 2 aliphatic rings. The molecule has 0 radical (unpaired) electrons. The summed E-state index contributed by atoms with van der Waals surface area (Å²) in [5.41, 5.74) is 0. The Hall–Kier alpha value is -1.10. The van der Waals surface area contributed by atoms with Crippen LogP contribution in [0.3, 0.4) is 0 Å². The molecule has 264 valence electrons. The van der Waals surface area contributed by atoms with E-state index in [1.807, 2.05) is 0 Å². The van der Waals surface area contributed by atoms with Gasteiger partial charge in [0.25, 0.3) is 0 Å². The first kappa shape index (κ1) is 40.1. The molecule has 45 heavy (non-hydrogen) atoms. The van der Waals surface area contributed by atoms with Crippen molar-refractivity contribution in [3.05, 3.63) is 0 Å². The van der Waals surface area contributed by atoms with Crippen LogP contribution in [-0.2, 0) is 19.1 Å². The Balaban J connectivity index is 1.55. The second-order valence-corrected chi connectivity index (χ2v) is 15.0.